The summed E-state index contributed by atoms with van der Waals surface area (Å²) in [6, 6.07) is 6.41. The van der Waals surface area contributed by atoms with Crippen molar-refractivity contribution in [3.05, 3.63) is 34.9 Å². The van der Waals surface area contributed by atoms with E-state index < -0.39 is 6.43 Å². The zero-order valence-corrected chi connectivity index (χ0v) is 8.76. The molecule has 0 radical (unpaired) electrons. The Bertz CT molecular complexity index is 349. The lowest BCUT2D eigenvalue weighted by molar-refractivity contribution is 0.141. The number of rotatable bonds is 3. The van der Waals surface area contributed by atoms with E-state index in [1.807, 2.05) is 6.92 Å². The van der Waals surface area contributed by atoms with Crippen LogP contribution in [0.15, 0.2) is 18.2 Å². The van der Waals surface area contributed by atoms with Gasteiger partial charge in [-0.05, 0) is 30.9 Å². The van der Waals surface area contributed by atoms with Crippen LogP contribution in [0, 0.1) is 6.92 Å². The normalized spacial score (nSPS) is 19.6. The van der Waals surface area contributed by atoms with Crippen molar-refractivity contribution in [1.29, 1.82) is 0 Å². The van der Waals surface area contributed by atoms with Gasteiger partial charge in [0.25, 0.3) is 6.43 Å². The molecule has 0 saturated heterocycles. The van der Waals surface area contributed by atoms with Gasteiger partial charge in [0.05, 0.1) is 6.54 Å². The molecule has 0 aromatic heterocycles. The fraction of sp³-hybridized carbons (Fsp3) is 0.500. The van der Waals surface area contributed by atoms with Crippen molar-refractivity contribution in [3.63, 3.8) is 0 Å². The molecule has 0 fully saturated rings. The molecular formula is C12H15F2N. The van der Waals surface area contributed by atoms with Gasteiger partial charge in [0.1, 0.15) is 0 Å². The lowest BCUT2D eigenvalue weighted by atomic mass is 10.1. The molecule has 0 heterocycles. The zero-order valence-electron chi connectivity index (χ0n) is 8.76. The fourth-order valence-electron chi connectivity index (χ4n) is 2.17. The molecular weight excluding hydrogens is 196 g/mol. The number of hydrogen-bond donors (Lipinski definition) is 1. The summed E-state index contributed by atoms with van der Waals surface area (Å²) in [6.07, 6.45) is -0.332. The summed E-state index contributed by atoms with van der Waals surface area (Å²) in [4.78, 5) is 0. The van der Waals surface area contributed by atoms with Crippen molar-refractivity contribution in [3.8, 4) is 0 Å². The highest BCUT2D eigenvalue weighted by Crippen LogP contribution is 2.31. The van der Waals surface area contributed by atoms with Crippen molar-refractivity contribution >= 4 is 0 Å². The van der Waals surface area contributed by atoms with E-state index in [2.05, 4.69) is 23.5 Å². The predicted molar refractivity (Wildman–Crippen MR) is 56.2 cm³/mol. The van der Waals surface area contributed by atoms with E-state index in [1.165, 1.54) is 16.7 Å². The van der Waals surface area contributed by atoms with Gasteiger partial charge in [0.2, 0.25) is 0 Å². The molecule has 0 bridgehead atoms. The molecule has 0 spiro atoms. The van der Waals surface area contributed by atoms with E-state index >= 15 is 0 Å². The van der Waals surface area contributed by atoms with Crippen LogP contribution in [0.2, 0.25) is 0 Å². The van der Waals surface area contributed by atoms with Gasteiger partial charge in [-0.2, -0.15) is 0 Å². The smallest absolute Gasteiger partial charge is 0.250 e. The van der Waals surface area contributed by atoms with Crippen LogP contribution >= 0.6 is 0 Å². The zero-order chi connectivity index (χ0) is 10.8. The van der Waals surface area contributed by atoms with Gasteiger partial charge in [0.15, 0.2) is 0 Å². The van der Waals surface area contributed by atoms with Gasteiger partial charge in [-0.25, -0.2) is 8.78 Å². The molecule has 1 unspecified atom stereocenters. The van der Waals surface area contributed by atoms with Crippen LogP contribution in [0.3, 0.4) is 0 Å². The van der Waals surface area contributed by atoms with Crippen LogP contribution in [0.1, 0.15) is 29.2 Å². The molecule has 0 saturated carbocycles. The van der Waals surface area contributed by atoms with Crippen LogP contribution in [-0.4, -0.2) is 13.0 Å². The van der Waals surface area contributed by atoms with Gasteiger partial charge in [0, 0.05) is 6.04 Å². The van der Waals surface area contributed by atoms with Crippen LogP contribution in [0.4, 0.5) is 8.78 Å². The topological polar surface area (TPSA) is 12.0 Å². The van der Waals surface area contributed by atoms with Gasteiger partial charge in [-0.1, -0.05) is 23.8 Å². The average molecular weight is 211 g/mol. The Hall–Kier alpha value is -0.960. The first-order valence-corrected chi connectivity index (χ1v) is 5.28. The first-order chi connectivity index (χ1) is 7.16. The molecule has 1 aliphatic rings. The van der Waals surface area contributed by atoms with Crippen LogP contribution < -0.4 is 5.32 Å². The quantitative estimate of drug-likeness (QED) is 0.810. The van der Waals surface area contributed by atoms with Gasteiger partial charge in [-0.3, -0.25) is 0 Å². The third-order valence-corrected chi connectivity index (χ3v) is 2.90. The Labute approximate surface area is 88.5 Å². The number of benzene rings is 1. The van der Waals surface area contributed by atoms with E-state index in [1.54, 1.807) is 0 Å². The number of nitrogens with one attached hydrogen (secondary N) is 1. The second-order valence-corrected chi connectivity index (χ2v) is 4.09. The fourth-order valence-corrected chi connectivity index (χ4v) is 2.17. The van der Waals surface area contributed by atoms with Crippen LogP contribution in [0.25, 0.3) is 0 Å². The van der Waals surface area contributed by atoms with Crippen LogP contribution in [-0.2, 0) is 6.42 Å². The number of halogens is 2. The predicted octanol–water partition coefficient (Wildman–Crippen LogP) is 2.84. The maximum absolute atomic E-state index is 12.1. The average Bonchev–Trinajstić information content (AvgIpc) is 2.57. The second kappa shape index (κ2) is 4.27. The van der Waals surface area contributed by atoms with Crippen molar-refractivity contribution in [1.82, 2.24) is 5.32 Å². The highest BCUT2D eigenvalue weighted by atomic mass is 19.3. The lowest BCUT2D eigenvalue weighted by Crippen LogP contribution is -2.25. The number of fused-ring (bicyclic) bond motifs is 1. The monoisotopic (exact) mass is 211 g/mol. The maximum atomic E-state index is 12.1. The summed E-state index contributed by atoms with van der Waals surface area (Å²) in [7, 11) is 0. The van der Waals surface area contributed by atoms with E-state index in [-0.39, 0.29) is 12.6 Å². The second-order valence-electron chi connectivity index (χ2n) is 4.09. The van der Waals surface area contributed by atoms with E-state index in [0.29, 0.717) is 0 Å². The SMILES string of the molecule is Cc1ccc2c(c1)C(NCC(F)F)CC2. The molecule has 82 valence electrons. The highest BCUT2D eigenvalue weighted by Gasteiger charge is 2.22. The molecule has 1 nitrogen and oxygen atoms in total. The summed E-state index contributed by atoms with van der Waals surface area (Å²) < 4.78 is 24.2. The molecule has 2 rings (SSSR count). The summed E-state index contributed by atoms with van der Waals surface area (Å²) in [5, 5.41) is 2.91. The Balaban J connectivity index is 2.10. The molecule has 1 aliphatic carbocycles. The van der Waals surface area contributed by atoms with Crippen molar-refractivity contribution in [2.24, 2.45) is 0 Å². The standard InChI is InChI=1S/C12H15F2N/c1-8-2-3-9-4-5-11(10(9)6-8)15-7-12(13)14/h2-3,6,11-12,15H,4-5,7H2,1H3. The first kappa shape index (κ1) is 10.6. The number of aryl methyl sites for hydroxylation is 2. The summed E-state index contributed by atoms with van der Waals surface area (Å²) >= 11 is 0. The Morgan fingerprint density at radius 3 is 3.00 bits per heavy atom. The van der Waals surface area contributed by atoms with Crippen molar-refractivity contribution in [2.45, 2.75) is 32.2 Å². The minimum Gasteiger partial charge on any atom is -0.305 e. The molecule has 15 heavy (non-hydrogen) atoms. The van der Waals surface area contributed by atoms with Gasteiger partial charge in [-0.15, -0.1) is 0 Å². The lowest BCUT2D eigenvalue weighted by Gasteiger charge is -2.13. The largest absolute Gasteiger partial charge is 0.305 e. The number of hydrogen-bond acceptors (Lipinski definition) is 1. The first-order valence-electron chi connectivity index (χ1n) is 5.28. The van der Waals surface area contributed by atoms with Crippen molar-refractivity contribution in [2.75, 3.05) is 6.54 Å². The summed E-state index contributed by atoms with van der Waals surface area (Å²) in [6.45, 7) is 1.82. The van der Waals surface area contributed by atoms with E-state index in [4.69, 9.17) is 0 Å². The molecule has 1 atom stereocenters. The Morgan fingerprint density at radius 2 is 2.27 bits per heavy atom. The third-order valence-electron chi connectivity index (χ3n) is 2.90. The summed E-state index contributed by atoms with van der Waals surface area (Å²) in [5.74, 6) is 0. The summed E-state index contributed by atoms with van der Waals surface area (Å²) in [5.41, 5.74) is 3.70. The van der Waals surface area contributed by atoms with Crippen molar-refractivity contribution < 1.29 is 8.78 Å². The minimum absolute atomic E-state index is 0.119. The van der Waals surface area contributed by atoms with E-state index in [0.717, 1.165) is 12.8 Å². The Kier molecular flexibility index (Phi) is 3.00. The molecule has 1 aromatic carbocycles. The molecule has 1 N–H and O–H groups in total. The number of alkyl halides is 2. The Morgan fingerprint density at radius 1 is 1.47 bits per heavy atom. The van der Waals surface area contributed by atoms with Gasteiger partial charge >= 0.3 is 0 Å². The minimum atomic E-state index is -2.26. The van der Waals surface area contributed by atoms with E-state index in [9.17, 15) is 8.78 Å². The van der Waals surface area contributed by atoms with Crippen LogP contribution in [0.5, 0.6) is 0 Å². The molecule has 1 aromatic rings. The molecule has 0 amide bonds. The van der Waals surface area contributed by atoms with Gasteiger partial charge < -0.3 is 5.32 Å². The molecule has 0 aliphatic heterocycles. The molecule has 3 heteroatoms. The highest BCUT2D eigenvalue weighted by molar-refractivity contribution is 5.37. The maximum Gasteiger partial charge on any atom is 0.250 e. The third kappa shape index (κ3) is 2.34.